The molecule has 0 radical (unpaired) electrons. The average molecular weight is 179 g/mol. The van der Waals surface area contributed by atoms with Gasteiger partial charge in [-0.15, -0.1) is 0 Å². The summed E-state index contributed by atoms with van der Waals surface area (Å²) in [7, 11) is 0. The van der Waals surface area contributed by atoms with Gasteiger partial charge in [0.15, 0.2) is 0 Å². The first kappa shape index (κ1) is 8.82. The summed E-state index contributed by atoms with van der Waals surface area (Å²) in [6, 6.07) is 4.63. The molecule has 2 rings (SSSR count). The second-order valence-corrected chi connectivity index (χ2v) is 3.71. The van der Waals surface area contributed by atoms with Crippen LogP contribution in [-0.2, 0) is 0 Å². The first-order chi connectivity index (χ1) is 6.42. The standard InChI is InChI=1S/C11H17NO/c1-2-7-12-8-3-5-10(12)11-6-4-9-13-11/h4,6,9-10H,2-3,5,7-8H2,1H3. The molecule has 1 unspecified atom stereocenters. The average Bonchev–Trinajstić information content (AvgIpc) is 2.71. The number of rotatable bonds is 3. The van der Waals surface area contributed by atoms with Gasteiger partial charge in [0.1, 0.15) is 5.76 Å². The molecule has 0 amide bonds. The van der Waals surface area contributed by atoms with E-state index in [9.17, 15) is 0 Å². The number of furan rings is 1. The summed E-state index contributed by atoms with van der Waals surface area (Å²) in [6.07, 6.45) is 5.58. The molecule has 72 valence electrons. The first-order valence-corrected chi connectivity index (χ1v) is 5.19. The fourth-order valence-corrected chi connectivity index (χ4v) is 2.18. The van der Waals surface area contributed by atoms with Crippen molar-refractivity contribution < 1.29 is 4.42 Å². The van der Waals surface area contributed by atoms with Gasteiger partial charge in [-0.3, -0.25) is 4.90 Å². The van der Waals surface area contributed by atoms with Gasteiger partial charge in [-0.05, 0) is 44.5 Å². The Morgan fingerprint density at radius 1 is 1.62 bits per heavy atom. The summed E-state index contributed by atoms with van der Waals surface area (Å²) in [5.41, 5.74) is 0. The van der Waals surface area contributed by atoms with Crippen LogP contribution < -0.4 is 0 Å². The second kappa shape index (κ2) is 3.97. The summed E-state index contributed by atoms with van der Waals surface area (Å²) in [5, 5.41) is 0. The van der Waals surface area contributed by atoms with Crippen LogP contribution in [0.4, 0.5) is 0 Å². The molecular weight excluding hydrogens is 162 g/mol. The largest absolute Gasteiger partial charge is 0.468 e. The molecule has 1 atom stereocenters. The molecule has 1 aliphatic rings. The molecule has 0 spiro atoms. The lowest BCUT2D eigenvalue weighted by atomic mass is 10.1. The lowest BCUT2D eigenvalue weighted by molar-refractivity contribution is 0.229. The molecule has 13 heavy (non-hydrogen) atoms. The lowest BCUT2D eigenvalue weighted by Gasteiger charge is -2.21. The Balaban J connectivity index is 2.05. The van der Waals surface area contributed by atoms with Gasteiger partial charge in [0.2, 0.25) is 0 Å². The zero-order chi connectivity index (χ0) is 9.10. The normalized spacial score (nSPS) is 23.9. The third-order valence-electron chi connectivity index (χ3n) is 2.75. The zero-order valence-corrected chi connectivity index (χ0v) is 8.20. The van der Waals surface area contributed by atoms with Crippen LogP contribution in [0.3, 0.4) is 0 Å². The summed E-state index contributed by atoms with van der Waals surface area (Å²) < 4.78 is 5.45. The third kappa shape index (κ3) is 1.78. The monoisotopic (exact) mass is 179 g/mol. The number of hydrogen-bond donors (Lipinski definition) is 0. The summed E-state index contributed by atoms with van der Waals surface area (Å²) >= 11 is 0. The highest BCUT2D eigenvalue weighted by molar-refractivity contribution is 5.06. The van der Waals surface area contributed by atoms with Crippen LogP contribution in [0, 0.1) is 0 Å². The molecule has 0 N–H and O–H groups in total. The quantitative estimate of drug-likeness (QED) is 0.709. The predicted octanol–water partition coefficient (Wildman–Crippen LogP) is 2.83. The fourth-order valence-electron chi connectivity index (χ4n) is 2.18. The van der Waals surface area contributed by atoms with Crippen molar-refractivity contribution in [3.63, 3.8) is 0 Å². The molecule has 0 aromatic carbocycles. The molecule has 1 fully saturated rings. The van der Waals surface area contributed by atoms with Gasteiger partial charge in [-0.2, -0.15) is 0 Å². The predicted molar refractivity (Wildman–Crippen MR) is 52.5 cm³/mol. The molecular formula is C11H17NO. The highest BCUT2D eigenvalue weighted by Gasteiger charge is 2.26. The molecule has 1 aliphatic heterocycles. The van der Waals surface area contributed by atoms with E-state index in [0.29, 0.717) is 6.04 Å². The smallest absolute Gasteiger partial charge is 0.120 e. The van der Waals surface area contributed by atoms with Crippen LogP contribution in [0.5, 0.6) is 0 Å². The highest BCUT2D eigenvalue weighted by Crippen LogP contribution is 2.31. The van der Waals surface area contributed by atoms with Gasteiger partial charge in [0.25, 0.3) is 0 Å². The fraction of sp³-hybridized carbons (Fsp3) is 0.636. The van der Waals surface area contributed by atoms with Crippen molar-refractivity contribution in [3.8, 4) is 0 Å². The van der Waals surface area contributed by atoms with Gasteiger partial charge in [0, 0.05) is 0 Å². The van der Waals surface area contributed by atoms with E-state index in [1.165, 1.54) is 32.4 Å². The minimum Gasteiger partial charge on any atom is -0.468 e. The van der Waals surface area contributed by atoms with Gasteiger partial charge in [-0.25, -0.2) is 0 Å². The molecule has 2 nitrogen and oxygen atoms in total. The Labute approximate surface area is 79.5 Å². The van der Waals surface area contributed by atoms with Crippen molar-refractivity contribution in [1.29, 1.82) is 0 Å². The summed E-state index contributed by atoms with van der Waals surface area (Å²) in [6.45, 7) is 4.67. The van der Waals surface area contributed by atoms with Gasteiger partial charge < -0.3 is 4.42 Å². The van der Waals surface area contributed by atoms with Crippen molar-refractivity contribution in [1.82, 2.24) is 4.90 Å². The van der Waals surface area contributed by atoms with Crippen LogP contribution in [0.15, 0.2) is 22.8 Å². The molecule has 2 heterocycles. The van der Waals surface area contributed by atoms with Crippen molar-refractivity contribution in [2.45, 2.75) is 32.2 Å². The van der Waals surface area contributed by atoms with Crippen LogP contribution in [0.1, 0.15) is 38.0 Å². The van der Waals surface area contributed by atoms with Crippen molar-refractivity contribution in [3.05, 3.63) is 24.2 Å². The Hall–Kier alpha value is -0.760. The van der Waals surface area contributed by atoms with E-state index in [0.717, 1.165) is 5.76 Å². The Morgan fingerprint density at radius 2 is 2.54 bits per heavy atom. The maximum absolute atomic E-state index is 5.45. The van der Waals surface area contributed by atoms with Crippen LogP contribution in [0.2, 0.25) is 0 Å². The minimum absolute atomic E-state index is 0.551. The number of hydrogen-bond acceptors (Lipinski definition) is 2. The maximum atomic E-state index is 5.45. The number of nitrogens with zero attached hydrogens (tertiary/aromatic N) is 1. The van der Waals surface area contributed by atoms with Crippen molar-refractivity contribution in [2.24, 2.45) is 0 Å². The van der Waals surface area contributed by atoms with E-state index in [4.69, 9.17) is 4.42 Å². The number of likely N-dealkylation sites (tertiary alicyclic amines) is 1. The highest BCUT2D eigenvalue weighted by atomic mass is 16.3. The van der Waals surface area contributed by atoms with Gasteiger partial charge in [0.05, 0.1) is 12.3 Å². The van der Waals surface area contributed by atoms with Crippen LogP contribution in [0.25, 0.3) is 0 Å². The first-order valence-electron chi connectivity index (χ1n) is 5.19. The zero-order valence-electron chi connectivity index (χ0n) is 8.20. The Kier molecular flexibility index (Phi) is 2.69. The lowest BCUT2D eigenvalue weighted by Crippen LogP contribution is -2.23. The summed E-state index contributed by atoms with van der Waals surface area (Å²) in [4.78, 5) is 2.53. The molecule has 1 aromatic rings. The SMILES string of the molecule is CCCN1CCCC1c1ccco1. The van der Waals surface area contributed by atoms with E-state index >= 15 is 0 Å². The van der Waals surface area contributed by atoms with Crippen molar-refractivity contribution in [2.75, 3.05) is 13.1 Å². The summed E-state index contributed by atoms with van der Waals surface area (Å²) in [5.74, 6) is 1.14. The molecule has 1 saturated heterocycles. The maximum Gasteiger partial charge on any atom is 0.120 e. The van der Waals surface area contributed by atoms with E-state index in [2.05, 4.69) is 17.9 Å². The molecule has 1 aromatic heterocycles. The van der Waals surface area contributed by atoms with E-state index in [1.807, 2.05) is 6.07 Å². The molecule has 0 aliphatic carbocycles. The van der Waals surface area contributed by atoms with E-state index < -0.39 is 0 Å². The van der Waals surface area contributed by atoms with E-state index in [1.54, 1.807) is 6.26 Å². The van der Waals surface area contributed by atoms with Gasteiger partial charge in [-0.1, -0.05) is 6.92 Å². The second-order valence-electron chi connectivity index (χ2n) is 3.71. The van der Waals surface area contributed by atoms with Crippen LogP contribution in [-0.4, -0.2) is 18.0 Å². The topological polar surface area (TPSA) is 16.4 Å². The minimum atomic E-state index is 0.551. The molecule has 0 saturated carbocycles. The molecule has 2 heteroatoms. The van der Waals surface area contributed by atoms with E-state index in [-0.39, 0.29) is 0 Å². The van der Waals surface area contributed by atoms with Crippen molar-refractivity contribution >= 4 is 0 Å². The van der Waals surface area contributed by atoms with Gasteiger partial charge >= 0.3 is 0 Å². The van der Waals surface area contributed by atoms with Crippen LogP contribution >= 0.6 is 0 Å². The Bertz CT molecular complexity index is 243. The third-order valence-corrected chi connectivity index (χ3v) is 2.75. The molecule has 0 bridgehead atoms. The Morgan fingerprint density at radius 3 is 3.23 bits per heavy atom.